The number of nitrogens with zero attached hydrogens (tertiary/aromatic N) is 2. The number of hydrogen-bond acceptors (Lipinski definition) is 7. The van der Waals surface area contributed by atoms with E-state index in [4.69, 9.17) is 9.47 Å². The molecule has 3 rings (SSSR count). The van der Waals surface area contributed by atoms with Crippen molar-refractivity contribution in [1.82, 2.24) is 10.2 Å². The Morgan fingerprint density at radius 3 is 2.82 bits per heavy atom. The largest absolute Gasteiger partial charge is 0.486 e. The van der Waals surface area contributed by atoms with E-state index in [0.717, 1.165) is 49.7 Å². The Kier molecular flexibility index (Phi) is 5.43. The van der Waals surface area contributed by atoms with E-state index in [-0.39, 0.29) is 0 Å². The van der Waals surface area contributed by atoms with E-state index in [1.807, 2.05) is 12.1 Å². The van der Waals surface area contributed by atoms with E-state index in [9.17, 15) is 0 Å². The van der Waals surface area contributed by atoms with Crippen LogP contribution < -0.4 is 14.8 Å². The maximum Gasteiger partial charge on any atom is 0.206 e. The number of benzene rings is 1. The van der Waals surface area contributed by atoms with Gasteiger partial charge in [0.25, 0.3) is 0 Å². The molecule has 0 radical (unpaired) electrons. The fourth-order valence-electron chi connectivity index (χ4n) is 1.93. The Bertz CT molecular complexity index is 651. The highest BCUT2D eigenvalue weighted by molar-refractivity contribution is 9.10. The lowest BCUT2D eigenvalue weighted by atomic mass is 10.2. The molecule has 0 bridgehead atoms. The van der Waals surface area contributed by atoms with E-state index in [1.54, 1.807) is 23.1 Å². The molecule has 0 spiro atoms. The van der Waals surface area contributed by atoms with Crippen LogP contribution in [0.3, 0.4) is 0 Å². The predicted octanol–water partition coefficient (Wildman–Crippen LogP) is 4.19. The van der Waals surface area contributed by atoms with Gasteiger partial charge in [-0.2, -0.15) is 0 Å². The molecule has 1 aliphatic heterocycles. The number of aromatic nitrogens is 2. The molecule has 0 fully saturated rings. The first kappa shape index (κ1) is 15.9. The molecule has 1 N–H and O–H groups in total. The molecule has 0 saturated carbocycles. The summed E-state index contributed by atoms with van der Waals surface area (Å²) in [4.78, 5) is 0. The highest BCUT2D eigenvalue weighted by Crippen LogP contribution is 2.38. The number of thioether (sulfide) groups is 1. The maximum atomic E-state index is 5.63. The first-order valence-corrected chi connectivity index (χ1v) is 9.64. The number of fused-ring (bicyclic) bond motifs is 1. The van der Waals surface area contributed by atoms with Gasteiger partial charge in [-0.05, 0) is 24.1 Å². The minimum Gasteiger partial charge on any atom is -0.486 e. The van der Waals surface area contributed by atoms with Crippen molar-refractivity contribution in [3.63, 3.8) is 0 Å². The normalized spacial score (nSPS) is 13.2. The average Bonchev–Trinajstić information content (AvgIpc) is 2.98. The lowest BCUT2D eigenvalue weighted by Crippen LogP contribution is -2.15. The second-order valence-electron chi connectivity index (χ2n) is 4.68. The zero-order valence-corrected chi connectivity index (χ0v) is 15.3. The van der Waals surface area contributed by atoms with E-state index < -0.39 is 0 Å². The fraction of sp³-hybridized carbons (Fsp3) is 0.429. The van der Waals surface area contributed by atoms with Gasteiger partial charge >= 0.3 is 0 Å². The maximum absolute atomic E-state index is 5.63. The van der Waals surface area contributed by atoms with E-state index >= 15 is 0 Å². The minimum atomic E-state index is 0.601. The highest BCUT2D eigenvalue weighted by atomic mass is 79.9. The highest BCUT2D eigenvalue weighted by Gasteiger charge is 2.15. The molecular formula is C14H16BrN3O2S2. The first-order valence-electron chi connectivity index (χ1n) is 7.04. The smallest absolute Gasteiger partial charge is 0.206 e. The van der Waals surface area contributed by atoms with E-state index in [2.05, 4.69) is 38.4 Å². The van der Waals surface area contributed by atoms with Crippen molar-refractivity contribution in [1.29, 1.82) is 0 Å². The van der Waals surface area contributed by atoms with Crippen LogP contribution in [-0.2, 0) is 5.75 Å². The van der Waals surface area contributed by atoms with Gasteiger partial charge in [0.15, 0.2) is 15.8 Å². The summed E-state index contributed by atoms with van der Waals surface area (Å²) < 4.78 is 13.2. The van der Waals surface area contributed by atoms with Crippen LogP contribution in [0, 0.1) is 0 Å². The summed E-state index contributed by atoms with van der Waals surface area (Å²) in [5, 5.41) is 12.5. The van der Waals surface area contributed by atoms with Crippen LogP contribution in [0.4, 0.5) is 5.13 Å². The molecule has 22 heavy (non-hydrogen) atoms. The quantitative estimate of drug-likeness (QED) is 0.732. The molecule has 0 atom stereocenters. The summed E-state index contributed by atoms with van der Waals surface area (Å²) in [6.45, 7) is 4.26. The molecular weight excluding hydrogens is 386 g/mol. The van der Waals surface area contributed by atoms with E-state index in [0.29, 0.717) is 13.2 Å². The van der Waals surface area contributed by atoms with Crippen LogP contribution in [0.5, 0.6) is 11.5 Å². The molecule has 8 heteroatoms. The molecule has 1 aliphatic rings. The van der Waals surface area contributed by atoms with Gasteiger partial charge < -0.3 is 14.8 Å². The monoisotopic (exact) mass is 401 g/mol. The Balaban J connectivity index is 1.64. The summed E-state index contributed by atoms with van der Waals surface area (Å²) in [5.41, 5.74) is 1.16. The number of hydrogen-bond donors (Lipinski definition) is 1. The van der Waals surface area contributed by atoms with Crippen LogP contribution in [-0.4, -0.2) is 30.0 Å². The third-order valence-electron chi connectivity index (χ3n) is 3.00. The first-order chi connectivity index (χ1) is 10.8. The molecule has 118 valence electrons. The Hall–Kier alpha value is -0.990. The van der Waals surface area contributed by atoms with Gasteiger partial charge in [0.2, 0.25) is 5.13 Å². The molecule has 1 aromatic heterocycles. The summed E-state index contributed by atoms with van der Waals surface area (Å²) in [7, 11) is 0. The number of anilines is 1. The Labute approximate surface area is 145 Å². The molecule has 5 nitrogen and oxygen atoms in total. The van der Waals surface area contributed by atoms with Gasteiger partial charge in [-0.15, -0.1) is 10.2 Å². The summed E-state index contributed by atoms with van der Waals surface area (Å²) >= 11 is 6.85. The molecule has 0 unspecified atom stereocenters. The molecule has 0 aliphatic carbocycles. The van der Waals surface area contributed by atoms with Gasteiger partial charge in [0.1, 0.15) is 13.2 Å². The second kappa shape index (κ2) is 7.52. The third-order valence-corrected chi connectivity index (χ3v) is 5.80. The summed E-state index contributed by atoms with van der Waals surface area (Å²) in [6, 6.07) is 4.00. The molecule has 0 amide bonds. The molecule has 0 saturated heterocycles. The number of ether oxygens (including phenoxy) is 2. The predicted molar refractivity (Wildman–Crippen MR) is 93.4 cm³/mol. The van der Waals surface area contributed by atoms with Crippen molar-refractivity contribution >= 4 is 44.2 Å². The molecule has 2 aromatic rings. The topological polar surface area (TPSA) is 56.3 Å². The molecule has 2 heterocycles. The van der Waals surface area contributed by atoms with Crippen molar-refractivity contribution < 1.29 is 9.47 Å². The van der Waals surface area contributed by atoms with Crippen LogP contribution in [0.2, 0.25) is 0 Å². The molecule has 1 aromatic carbocycles. The minimum absolute atomic E-state index is 0.601. The van der Waals surface area contributed by atoms with Gasteiger partial charge in [0.05, 0.1) is 0 Å². The van der Waals surface area contributed by atoms with Crippen LogP contribution in [0.15, 0.2) is 20.9 Å². The lowest BCUT2D eigenvalue weighted by Gasteiger charge is -2.19. The van der Waals surface area contributed by atoms with Gasteiger partial charge in [-0.3, -0.25) is 0 Å². The zero-order chi connectivity index (χ0) is 15.4. The van der Waals surface area contributed by atoms with Gasteiger partial charge in [-0.25, -0.2) is 0 Å². The van der Waals surface area contributed by atoms with Gasteiger partial charge in [-0.1, -0.05) is 46.0 Å². The zero-order valence-electron chi connectivity index (χ0n) is 12.1. The Morgan fingerprint density at radius 1 is 1.27 bits per heavy atom. The standard InChI is InChI=1S/C14H16BrN3O2S2/c1-2-3-16-13-17-18-14(22-13)21-8-9-6-11-12(7-10(9)15)20-5-4-19-11/h6-7H,2-5,8H2,1H3,(H,16,17). The van der Waals surface area contributed by atoms with Crippen molar-refractivity contribution in [2.75, 3.05) is 25.1 Å². The number of halogens is 1. The number of rotatable bonds is 6. The van der Waals surface area contributed by atoms with Crippen molar-refractivity contribution in [3.8, 4) is 11.5 Å². The van der Waals surface area contributed by atoms with E-state index in [1.165, 1.54) is 0 Å². The average molecular weight is 402 g/mol. The van der Waals surface area contributed by atoms with Crippen LogP contribution in [0.1, 0.15) is 18.9 Å². The fourth-order valence-corrected chi connectivity index (χ4v) is 4.34. The second-order valence-corrected chi connectivity index (χ2v) is 7.73. The summed E-state index contributed by atoms with van der Waals surface area (Å²) in [6.07, 6.45) is 1.08. The van der Waals surface area contributed by atoms with Crippen molar-refractivity contribution in [2.24, 2.45) is 0 Å². The SMILES string of the molecule is CCCNc1nnc(SCc2cc3c(cc2Br)OCCO3)s1. The van der Waals surface area contributed by atoms with Crippen molar-refractivity contribution in [2.45, 2.75) is 23.4 Å². The van der Waals surface area contributed by atoms with Gasteiger partial charge in [0, 0.05) is 16.8 Å². The summed E-state index contributed by atoms with van der Waals surface area (Å²) in [5.74, 6) is 2.42. The number of nitrogens with one attached hydrogen (secondary N) is 1. The third kappa shape index (κ3) is 3.85. The van der Waals surface area contributed by atoms with Crippen LogP contribution >= 0.6 is 39.0 Å². The van der Waals surface area contributed by atoms with Crippen molar-refractivity contribution in [3.05, 3.63) is 22.2 Å². The lowest BCUT2D eigenvalue weighted by molar-refractivity contribution is 0.171. The van der Waals surface area contributed by atoms with Crippen LogP contribution in [0.25, 0.3) is 0 Å². The Morgan fingerprint density at radius 2 is 2.05 bits per heavy atom.